The smallest absolute Gasteiger partial charge is 0.408 e. The van der Waals surface area contributed by atoms with Crippen molar-refractivity contribution in [1.82, 2.24) is 16.0 Å². The highest BCUT2D eigenvalue weighted by Crippen LogP contribution is 2.17. The lowest BCUT2D eigenvalue weighted by molar-refractivity contribution is -0.114. The molecule has 1 aromatic carbocycles. The standard InChI is InChI=1S/C22H37N5O4.HI/c1-8-23-19(25-15-22(6,7)27-20(29)31-21(3,4)5)24-12-13-30-18-11-9-10-17(14-18)26-16(2)28;/h9-11,14H,8,12-13,15H2,1-7H3,(H,26,28)(H,27,29)(H2,23,24,25);1H. The number of carbonyl (C=O) groups excluding carboxylic acids is 2. The van der Waals surface area contributed by atoms with Gasteiger partial charge < -0.3 is 30.7 Å². The van der Waals surface area contributed by atoms with Crippen LogP contribution in [0.25, 0.3) is 0 Å². The highest BCUT2D eigenvalue weighted by Gasteiger charge is 2.24. The number of alkyl carbamates (subject to hydrolysis) is 1. The molecule has 2 amide bonds. The molecule has 0 aliphatic carbocycles. The van der Waals surface area contributed by atoms with E-state index in [1.165, 1.54) is 6.92 Å². The van der Waals surface area contributed by atoms with Crippen molar-refractivity contribution in [2.24, 2.45) is 4.99 Å². The number of anilines is 1. The van der Waals surface area contributed by atoms with E-state index in [0.29, 0.717) is 43.6 Å². The van der Waals surface area contributed by atoms with Crippen molar-refractivity contribution in [1.29, 1.82) is 0 Å². The third kappa shape index (κ3) is 13.9. The van der Waals surface area contributed by atoms with E-state index in [9.17, 15) is 9.59 Å². The van der Waals surface area contributed by atoms with Crippen molar-refractivity contribution in [2.75, 3.05) is 31.6 Å². The molecule has 0 bridgehead atoms. The third-order valence-electron chi connectivity index (χ3n) is 3.63. The molecule has 4 N–H and O–H groups in total. The number of benzene rings is 1. The summed E-state index contributed by atoms with van der Waals surface area (Å²) in [4.78, 5) is 27.7. The topological polar surface area (TPSA) is 113 Å². The van der Waals surface area contributed by atoms with Gasteiger partial charge in [0.15, 0.2) is 5.96 Å². The van der Waals surface area contributed by atoms with Crippen LogP contribution in [0.5, 0.6) is 5.75 Å². The third-order valence-corrected chi connectivity index (χ3v) is 3.63. The van der Waals surface area contributed by atoms with Crippen molar-refractivity contribution < 1.29 is 19.1 Å². The van der Waals surface area contributed by atoms with Crippen LogP contribution in [0.15, 0.2) is 29.3 Å². The van der Waals surface area contributed by atoms with Gasteiger partial charge in [-0.05, 0) is 53.7 Å². The Hall–Kier alpha value is -2.24. The Morgan fingerprint density at radius 3 is 2.38 bits per heavy atom. The summed E-state index contributed by atoms with van der Waals surface area (Å²) in [5.74, 6) is 1.16. The van der Waals surface area contributed by atoms with Crippen LogP contribution in [0, 0.1) is 0 Å². The van der Waals surface area contributed by atoms with E-state index in [-0.39, 0.29) is 29.9 Å². The fourth-order valence-corrected chi connectivity index (χ4v) is 2.44. The Labute approximate surface area is 208 Å². The molecule has 0 aliphatic heterocycles. The Morgan fingerprint density at radius 1 is 1.09 bits per heavy atom. The minimum atomic E-state index is -0.578. The van der Waals surface area contributed by atoms with Crippen LogP contribution in [0.4, 0.5) is 10.5 Å². The van der Waals surface area contributed by atoms with Crippen LogP contribution in [-0.2, 0) is 9.53 Å². The van der Waals surface area contributed by atoms with Crippen LogP contribution in [0.2, 0.25) is 0 Å². The Morgan fingerprint density at radius 2 is 1.78 bits per heavy atom. The molecule has 0 saturated heterocycles. The summed E-state index contributed by atoms with van der Waals surface area (Å²) < 4.78 is 11.0. The van der Waals surface area contributed by atoms with Crippen LogP contribution in [-0.4, -0.2) is 55.3 Å². The zero-order valence-corrected chi connectivity index (χ0v) is 22.5. The van der Waals surface area contributed by atoms with Gasteiger partial charge in [-0.1, -0.05) is 6.07 Å². The van der Waals surface area contributed by atoms with Gasteiger partial charge in [-0.25, -0.2) is 4.79 Å². The van der Waals surface area contributed by atoms with Gasteiger partial charge in [0.25, 0.3) is 0 Å². The first-order valence-electron chi connectivity index (χ1n) is 10.4. The second kappa shape index (κ2) is 14.0. The van der Waals surface area contributed by atoms with E-state index >= 15 is 0 Å². The average molecular weight is 563 g/mol. The molecule has 0 heterocycles. The van der Waals surface area contributed by atoms with E-state index in [1.54, 1.807) is 12.1 Å². The second-order valence-corrected chi connectivity index (χ2v) is 8.69. The first-order chi connectivity index (χ1) is 14.4. The second-order valence-electron chi connectivity index (χ2n) is 8.69. The summed E-state index contributed by atoms with van der Waals surface area (Å²) >= 11 is 0. The highest BCUT2D eigenvalue weighted by atomic mass is 127. The van der Waals surface area contributed by atoms with Crippen molar-refractivity contribution in [2.45, 2.75) is 59.6 Å². The fourth-order valence-electron chi connectivity index (χ4n) is 2.44. The number of rotatable bonds is 9. The van der Waals surface area contributed by atoms with Gasteiger partial charge in [-0.15, -0.1) is 24.0 Å². The number of carbonyl (C=O) groups is 2. The molecule has 182 valence electrons. The quantitative estimate of drug-likeness (QED) is 0.158. The van der Waals surface area contributed by atoms with E-state index in [0.717, 1.165) is 0 Å². The minimum absolute atomic E-state index is 0. The molecule has 0 spiro atoms. The predicted octanol–water partition coefficient (Wildman–Crippen LogP) is 3.50. The molecule has 0 unspecified atom stereocenters. The van der Waals surface area contributed by atoms with Crippen molar-refractivity contribution in [3.05, 3.63) is 24.3 Å². The number of ether oxygens (including phenoxy) is 2. The number of halogens is 1. The Balaban J connectivity index is 0.00000961. The number of amides is 2. The number of nitrogens with zero attached hydrogens (tertiary/aromatic N) is 1. The Bertz CT molecular complexity index is 763. The summed E-state index contributed by atoms with van der Waals surface area (Å²) in [6, 6.07) is 7.22. The zero-order valence-electron chi connectivity index (χ0n) is 20.1. The van der Waals surface area contributed by atoms with E-state index in [2.05, 4.69) is 26.3 Å². The van der Waals surface area contributed by atoms with Gasteiger partial charge >= 0.3 is 6.09 Å². The molecule has 0 aromatic heterocycles. The average Bonchev–Trinajstić information content (AvgIpc) is 2.60. The van der Waals surface area contributed by atoms with Gasteiger partial charge in [0, 0.05) is 25.2 Å². The molecule has 32 heavy (non-hydrogen) atoms. The SMILES string of the molecule is CCNC(=NCC(C)(C)NC(=O)OC(C)(C)C)NCCOc1cccc(NC(C)=O)c1.I. The van der Waals surface area contributed by atoms with E-state index < -0.39 is 17.2 Å². The summed E-state index contributed by atoms with van der Waals surface area (Å²) in [6.45, 7) is 14.7. The normalized spacial score (nSPS) is 11.7. The van der Waals surface area contributed by atoms with Crippen LogP contribution >= 0.6 is 24.0 Å². The largest absolute Gasteiger partial charge is 0.492 e. The molecule has 0 radical (unpaired) electrons. The lowest BCUT2D eigenvalue weighted by Crippen LogP contribution is -2.49. The number of aliphatic imine (C=N–C) groups is 1. The number of hydrogen-bond donors (Lipinski definition) is 4. The summed E-state index contributed by atoms with van der Waals surface area (Å²) in [7, 11) is 0. The number of hydrogen-bond acceptors (Lipinski definition) is 5. The van der Waals surface area contributed by atoms with E-state index in [1.807, 2.05) is 53.7 Å². The van der Waals surface area contributed by atoms with Crippen LogP contribution in [0.3, 0.4) is 0 Å². The van der Waals surface area contributed by atoms with Crippen LogP contribution in [0.1, 0.15) is 48.5 Å². The molecular weight excluding hydrogens is 525 g/mol. The zero-order chi connectivity index (χ0) is 23.5. The minimum Gasteiger partial charge on any atom is -0.492 e. The summed E-state index contributed by atoms with van der Waals surface area (Å²) in [5.41, 5.74) is -0.444. The first-order valence-corrected chi connectivity index (χ1v) is 10.4. The highest BCUT2D eigenvalue weighted by molar-refractivity contribution is 14.0. The molecule has 0 fully saturated rings. The van der Waals surface area contributed by atoms with Gasteiger partial charge in [0.2, 0.25) is 5.91 Å². The van der Waals surface area contributed by atoms with Crippen molar-refractivity contribution in [3.8, 4) is 5.75 Å². The molecular formula is C22H38IN5O4. The fraction of sp³-hybridized carbons (Fsp3) is 0.591. The van der Waals surface area contributed by atoms with Gasteiger partial charge in [-0.2, -0.15) is 0 Å². The maximum atomic E-state index is 12.0. The Kier molecular flexibility index (Phi) is 13.0. The van der Waals surface area contributed by atoms with Gasteiger partial charge in [0.05, 0.1) is 18.6 Å². The number of guanidine groups is 1. The summed E-state index contributed by atoms with van der Waals surface area (Å²) in [6.07, 6.45) is -0.472. The molecule has 0 saturated carbocycles. The monoisotopic (exact) mass is 563 g/mol. The lowest BCUT2D eigenvalue weighted by atomic mass is 10.1. The maximum absolute atomic E-state index is 12.0. The molecule has 0 atom stereocenters. The number of nitrogens with one attached hydrogen (secondary N) is 4. The van der Waals surface area contributed by atoms with Gasteiger partial charge in [0.1, 0.15) is 18.0 Å². The molecule has 9 nitrogen and oxygen atoms in total. The first kappa shape index (κ1) is 29.8. The van der Waals surface area contributed by atoms with Gasteiger partial charge in [-0.3, -0.25) is 9.79 Å². The lowest BCUT2D eigenvalue weighted by Gasteiger charge is -2.27. The molecule has 10 heteroatoms. The predicted molar refractivity (Wildman–Crippen MR) is 139 cm³/mol. The van der Waals surface area contributed by atoms with Crippen molar-refractivity contribution >= 4 is 47.6 Å². The maximum Gasteiger partial charge on any atom is 0.408 e. The van der Waals surface area contributed by atoms with Crippen LogP contribution < -0.4 is 26.0 Å². The molecule has 1 aromatic rings. The summed E-state index contributed by atoms with van der Waals surface area (Å²) in [5, 5.41) is 11.9. The van der Waals surface area contributed by atoms with E-state index in [4.69, 9.17) is 9.47 Å². The van der Waals surface area contributed by atoms with Crippen molar-refractivity contribution in [3.63, 3.8) is 0 Å². The molecule has 0 aliphatic rings. The molecule has 1 rings (SSSR count).